The fraction of sp³-hybridized carbons (Fsp3) is 0.194. The molecule has 0 unspecified atom stereocenters. The van der Waals surface area contributed by atoms with Crippen molar-refractivity contribution in [3.8, 4) is 0 Å². The molecule has 0 aliphatic carbocycles. The quantitative estimate of drug-likeness (QED) is 0.344. The zero-order valence-electron chi connectivity index (χ0n) is 21.7. The summed E-state index contributed by atoms with van der Waals surface area (Å²) in [7, 11) is 0. The molecule has 3 aromatic carbocycles. The fourth-order valence-electron chi connectivity index (χ4n) is 5.80. The van der Waals surface area contributed by atoms with Gasteiger partial charge in [0.1, 0.15) is 23.0 Å². The lowest BCUT2D eigenvalue weighted by Gasteiger charge is -2.44. The predicted molar refractivity (Wildman–Crippen MR) is 149 cm³/mol. The second-order valence-electron chi connectivity index (χ2n) is 10.3. The molecule has 1 fully saturated rings. The van der Waals surface area contributed by atoms with Gasteiger partial charge in [-0.1, -0.05) is 24.3 Å². The third-order valence-corrected chi connectivity index (χ3v) is 7.64. The molecule has 208 valence electrons. The van der Waals surface area contributed by atoms with Crippen LogP contribution in [0.15, 0.2) is 83.7 Å². The standard InChI is InChI=1S/C31H25F3N4O3/c32-21-5-1-2-8-24(21)35-30(40)19-11-12-27(25(14-19)36-31(41)29-22(33)6-3-7-23(29)34)37-15-18-13-20(17-37)26-9-4-10-28(39)38(26)16-18/h1-12,14,18,20H,13,15-17H2,(H,35,40)(H,36,41)/t18-,20+/m1/s1. The molecule has 0 saturated carbocycles. The summed E-state index contributed by atoms with van der Waals surface area (Å²) in [4.78, 5) is 40.6. The van der Waals surface area contributed by atoms with Crippen molar-refractivity contribution < 1.29 is 22.8 Å². The number of aromatic nitrogens is 1. The fourth-order valence-corrected chi connectivity index (χ4v) is 5.80. The number of carbonyl (C=O) groups excluding carboxylic acids is 2. The molecule has 6 rings (SSSR count). The van der Waals surface area contributed by atoms with Gasteiger partial charge in [0.05, 0.1) is 17.1 Å². The molecule has 2 atom stereocenters. The first-order valence-corrected chi connectivity index (χ1v) is 13.2. The molecule has 41 heavy (non-hydrogen) atoms. The number of nitrogens with zero attached hydrogens (tertiary/aromatic N) is 2. The number of piperidine rings is 1. The largest absolute Gasteiger partial charge is 0.369 e. The van der Waals surface area contributed by atoms with E-state index in [-0.39, 0.29) is 34.3 Å². The van der Waals surface area contributed by atoms with Crippen LogP contribution in [-0.2, 0) is 6.54 Å². The van der Waals surface area contributed by atoms with E-state index in [0.29, 0.717) is 25.3 Å². The first-order valence-electron chi connectivity index (χ1n) is 13.2. The molecular weight excluding hydrogens is 533 g/mol. The number of hydrogen-bond acceptors (Lipinski definition) is 4. The van der Waals surface area contributed by atoms with Crippen LogP contribution in [0.5, 0.6) is 0 Å². The summed E-state index contributed by atoms with van der Waals surface area (Å²) in [6.07, 6.45) is 0.894. The molecular formula is C31H25F3N4O3. The second kappa shape index (κ2) is 10.6. The van der Waals surface area contributed by atoms with E-state index >= 15 is 0 Å². The maximum absolute atomic E-state index is 14.4. The Hall–Kier alpha value is -4.86. The molecule has 2 aliphatic heterocycles. The Balaban J connectivity index is 1.36. The van der Waals surface area contributed by atoms with Crippen LogP contribution in [0.2, 0.25) is 0 Å². The van der Waals surface area contributed by atoms with Crippen molar-refractivity contribution in [2.75, 3.05) is 28.6 Å². The average molecular weight is 559 g/mol. The number of rotatable bonds is 5. The van der Waals surface area contributed by atoms with E-state index < -0.39 is 34.8 Å². The molecule has 1 aromatic heterocycles. The lowest BCUT2D eigenvalue weighted by Crippen LogP contribution is -2.47. The molecule has 4 aromatic rings. The number of benzene rings is 3. The average Bonchev–Trinajstić information content (AvgIpc) is 2.94. The molecule has 7 nitrogen and oxygen atoms in total. The van der Waals surface area contributed by atoms with Crippen molar-refractivity contribution in [3.05, 3.63) is 123 Å². The van der Waals surface area contributed by atoms with Gasteiger partial charge in [0, 0.05) is 42.9 Å². The molecule has 10 heteroatoms. The summed E-state index contributed by atoms with van der Waals surface area (Å²) in [5.74, 6) is -4.09. The van der Waals surface area contributed by atoms with Crippen LogP contribution in [0.4, 0.5) is 30.2 Å². The van der Waals surface area contributed by atoms with Gasteiger partial charge in [-0.05, 0) is 60.9 Å². The Bertz CT molecular complexity index is 1720. The Morgan fingerprint density at radius 2 is 1.44 bits per heavy atom. The first kappa shape index (κ1) is 26.4. The molecule has 3 heterocycles. The normalized spacial score (nSPS) is 17.5. The van der Waals surface area contributed by atoms with E-state index in [0.717, 1.165) is 30.3 Å². The number of pyridine rings is 1. The number of halogens is 3. The van der Waals surface area contributed by atoms with Gasteiger partial charge >= 0.3 is 0 Å². The van der Waals surface area contributed by atoms with Gasteiger partial charge in [-0.2, -0.15) is 0 Å². The summed E-state index contributed by atoms with van der Waals surface area (Å²) in [5.41, 5.74) is 0.953. The monoisotopic (exact) mass is 558 g/mol. The highest BCUT2D eigenvalue weighted by atomic mass is 19.1. The van der Waals surface area contributed by atoms with Crippen molar-refractivity contribution in [1.82, 2.24) is 4.57 Å². The number of fused-ring (bicyclic) bond motifs is 4. The highest BCUT2D eigenvalue weighted by Crippen LogP contribution is 2.39. The van der Waals surface area contributed by atoms with Crippen LogP contribution in [0.3, 0.4) is 0 Å². The molecule has 2 aliphatic rings. The Morgan fingerprint density at radius 3 is 2.22 bits per heavy atom. The first-order chi connectivity index (χ1) is 19.8. The lowest BCUT2D eigenvalue weighted by molar-refractivity contribution is 0.101. The number of anilines is 3. The van der Waals surface area contributed by atoms with Crippen molar-refractivity contribution in [2.45, 2.75) is 18.9 Å². The maximum Gasteiger partial charge on any atom is 0.261 e. The summed E-state index contributed by atoms with van der Waals surface area (Å²) in [6.45, 7) is 1.64. The Morgan fingerprint density at radius 1 is 0.732 bits per heavy atom. The van der Waals surface area contributed by atoms with E-state index in [1.54, 1.807) is 34.9 Å². The summed E-state index contributed by atoms with van der Waals surface area (Å²) >= 11 is 0. The van der Waals surface area contributed by atoms with E-state index in [2.05, 4.69) is 10.6 Å². The topological polar surface area (TPSA) is 83.4 Å². The predicted octanol–water partition coefficient (Wildman–Crippen LogP) is 5.39. The minimum absolute atomic E-state index is 0.0154. The third kappa shape index (κ3) is 5.08. The van der Waals surface area contributed by atoms with Crippen LogP contribution in [0.1, 0.15) is 38.7 Å². The number of para-hydroxylation sites is 1. The lowest BCUT2D eigenvalue weighted by atomic mass is 9.83. The zero-order chi connectivity index (χ0) is 28.7. The molecule has 2 N–H and O–H groups in total. The van der Waals surface area contributed by atoms with E-state index in [1.807, 2.05) is 11.0 Å². The van der Waals surface area contributed by atoms with Crippen LogP contribution >= 0.6 is 0 Å². The van der Waals surface area contributed by atoms with Gasteiger partial charge < -0.3 is 20.1 Å². The molecule has 2 bridgehead atoms. The van der Waals surface area contributed by atoms with Gasteiger partial charge in [-0.3, -0.25) is 14.4 Å². The van der Waals surface area contributed by atoms with Crippen LogP contribution in [0, 0.1) is 23.4 Å². The smallest absolute Gasteiger partial charge is 0.261 e. The molecule has 2 amide bonds. The van der Waals surface area contributed by atoms with Crippen LogP contribution < -0.4 is 21.1 Å². The highest BCUT2D eigenvalue weighted by Gasteiger charge is 2.35. The van der Waals surface area contributed by atoms with Gasteiger partial charge in [0.2, 0.25) is 0 Å². The molecule has 1 saturated heterocycles. The number of nitrogens with one attached hydrogen (secondary N) is 2. The SMILES string of the molecule is O=C(Nc1ccccc1F)c1ccc(N2C[C@H]3C[C@@H](C2)c2cccc(=O)n2C3)c(NC(=O)c2c(F)cccc2F)c1. The number of hydrogen-bond donors (Lipinski definition) is 2. The summed E-state index contributed by atoms with van der Waals surface area (Å²) in [5, 5.41) is 5.11. The molecule has 0 spiro atoms. The number of amides is 2. The van der Waals surface area contributed by atoms with Gasteiger partial charge in [0.15, 0.2) is 0 Å². The van der Waals surface area contributed by atoms with E-state index in [1.165, 1.54) is 24.3 Å². The van der Waals surface area contributed by atoms with Gasteiger partial charge in [-0.25, -0.2) is 13.2 Å². The summed E-state index contributed by atoms with van der Waals surface area (Å²) < 4.78 is 44.8. The number of carbonyl (C=O) groups is 2. The minimum atomic E-state index is -1.02. The van der Waals surface area contributed by atoms with Crippen LogP contribution in [0.25, 0.3) is 0 Å². The zero-order valence-corrected chi connectivity index (χ0v) is 21.7. The molecule has 0 radical (unpaired) electrons. The van der Waals surface area contributed by atoms with E-state index in [9.17, 15) is 27.6 Å². The van der Waals surface area contributed by atoms with Crippen molar-refractivity contribution in [1.29, 1.82) is 0 Å². The van der Waals surface area contributed by atoms with Crippen molar-refractivity contribution >= 4 is 28.9 Å². The van der Waals surface area contributed by atoms with Gasteiger partial charge in [-0.15, -0.1) is 0 Å². The van der Waals surface area contributed by atoms with Crippen molar-refractivity contribution in [2.24, 2.45) is 5.92 Å². The second-order valence-corrected chi connectivity index (χ2v) is 10.3. The maximum atomic E-state index is 14.4. The minimum Gasteiger partial charge on any atom is -0.369 e. The van der Waals surface area contributed by atoms with Crippen LogP contribution in [-0.4, -0.2) is 29.5 Å². The highest BCUT2D eigenvalue weighted by molar-refractivity contribution is 6.09. The van der Waals surface area contributed by atoms with Crippen molar-refractivity contribution in [3.63, 3.8) is 0 Å². The third-order valence-electron chi connectivity index (χ3n) is 7.64. The Labute approximate surface area is 233 Å². The summed E-state index contributed by atoms with van der Waals surface area (Å²) in [6, 6.07) is 18.7. The Kier molecular flexibility index (Phi) is 6.82. The van der Waals surface area contributed by atoms with Gasteiger partial charge in [0.25, 0.3) is 17.4 Å². The van der Waals surface area contributed by atoms with E-state index in [4.69, 9.17) is 0 Å².